The fourth-order valence-corrected chi connectivity index (χ4v) is 5.49. The second kappa shape index (κ2) is 13.1. The summed E-state index contributed by atoms with van der Waals surface area (Å²) in [6, 6.07) is 17.2. The van der Waals surface area contributed by atoms with Gasteiger partial charge in [-0.25, -0.2) is 0 Å². The molecule has 3 unspecified atom stereocenters. The van der Waals surface area contributed by atoms with E-state index in [4.69, 9.17) is 39.4 Å². The molecular weight excluding hydrogens is 513 g/mol. The number of nitrogens with zero attached hydrogens (tertiary/aromatic N) is 1. The maximum absolute atomic E-state index is 13.6. The molecule has 1 aliphatic heterocycles. The Morgan fingerprint density at radius 2 is 1.72 bits per heavy atom. The lowest BCUT2D eigenvalue weighted by molar-refractivity contribution is -0.164. The number of hydrogen-bond donors (Lipinski definition) is 2. The van der Waals surface area contributed by atoms with Gasteiger partial charge in [0.2, 0.25) is 0 Å². The first kappa shape index (κ1) is 28.7. The Labute approximate surface area is 229 Å². The maximum Gasteiger partial charge on any atom is 0.252 e. The number of hydrogen-bond acceptors (Lipinski definition) is 5. The fourth-order valence-electron chi connectivity index (χ4n) is 4.12. The van der Waals surface area contributed by atoms with E-state index in [9.17, 15) is 4.79 Å². The average molecular weight is 551 g/mol. The minimum atomic E-state index is -0.584. The number of rotatable bonds is 7. The Morgan fingerprint density at radius 3 is 2.22 bits per heavy atom. The summed E-state index contributed by atoms with van der Waals surface area (Å²) in [4.78, 5) is 15.6. The van der Waals surface area contributed by atoms with Crippen molar-refractivity contribution in [2.45, 2.75) is 63.0 Å². The lowest BCUT2D eigenvalue weighted by Crippen LogP contribution is -2.55. The third kappa shape index (κ3) is 8.62. The summed E-state index contributed by atoms with van der Waals surface area (Å²) in [6.07, 6.45) is 3.42. The van der Waals surface area contributed by atoms with Crippen molar-refractivity contribution in [3.63, 3.8) is 0 Å². The first-order chi connectivity index (χ1) is 17.1. The minimum absolute atomic E-state index is 0.00686. The molecular formula is C28H37Cl2N3O2S. The molecule has 0 radical (unpaired) electrons. The molecule has 1 heterocycles. The minimum Gasteiger partial charge on any atom is -0.403 e. The predicted octanol–water partition coefficient (Wildman–Crippen LogP) is 6.41. The van der Waals surface area contributed by atoms with E-state index in [1.54, 1.807) is 0 Å². The van der Waals surface area contributed by atoms with Gasteiger partial charge in [-0.1, -0.05) is 74.3 Å². The van der Waals surface area contributed by atoms with Crippen molar-refractivity contribution in [1.29, 1.82) is 0 Å². The summed E-state index contributed by atoms with van der Waals surface area (Å²) in [5.74, 6) is 1.47. The highest BCUT2D eigenvalue weighted by Crippen LogP contribution is 2.43. The zero-order valence-corrected chi connectivity index (χ0v) is 23.5. The lowest BCUT2D eigenvalue weighted by Gasteiger charge is -2.45. The maximum atomic E-state index is 13.6. The van der Waals surface area contributed by atoms with Crippen LogP contribution in [0, 0.1) is 5.92 Å². The molecule has 1 saturated carbocycles. The molecule has 4 rings (SSSR count). The van der Waals surface area contributed by atoms with Gasteiger partial charge in [0.05, 0.1) is 12.6 Å². The van der Waals surface area contributed by atoms with Gasteiger partial charge in [-0.15, -0.1) is 0 Å². The van der Waals surface area contributed by atoms with Crippen molar-refractivity contribution in [3.8, 4) is 0 Å². The molecule has 3 atom stereocenters. The highest BCUT2D eigenvalue weighted by atomic mass is 35.5. The third-order valence-electron chi connectivity index (χ3n) is 6.15. The Morgan fingerprint density at radius 1 is 1.11 bits per heavy atom. The summed E-state index contributed by atoms with van der Waals surface area (Å²) in [7, 11) is 0. The SMILES string of the molecule is CC(C)(C)SCC(C1CC1)N1C(=O)C(C/C(N)=C/N)OCC1c1ccc(Cl)cc1.Clc1ccccc1. The van der Waals surface area contributed by atoms with Gasteiger partial charge >= 0.3 is 0 Å². The van der Waals surface area contributed by atoms with Gasteiger partial charge in [-0.05, 0) is 48.6 Å². The van der Waals surface area contributed by atoms with Crippen molar-refractivity contribution in [2.75, 3.05) is 12.4 Å². The molecule has 0 bridgehead atoms. The van der Waals surface area contributed by atoms with E-state index in [1.807, 2.05) is 66.4 Å². The molecule has 2 aromatic rings. The number of benzene rings is 2. The van der Waals surface area contributed by atoms with Crippen LogP contribution >= 0.6 is 35.0 Å². The highest BCUT2D eigenvalue weighted by molar-refractivity contribution is 8.00. The van der Waals surface area contributed by atoms with Gasteiger partial charge in [0.1, 0.15) is 6.10 Å². The van der Waals surface area contributed by atoms with Crippen LogP contribution in [0.5, 0.6) is 0 Å². The summed E-state index contributed by atoms with van der Waals surface area (Å²) in [5, 5.41) is 1.48. The molecule has 196 valence electrons. The number of carbonyl (C=O) groups excluding carboxylic acids is 1. The molecule has 1 aliphatic carbocycles. The average Bonchev–Trinajstić information content (AvgIpc) is 3.67. The van der Waals surface area contributed by atoms with Gasteiger partial charge in [-0.3, -0.25) is 4.79 Å². The molecule has 1 amide bonds. The number of carbonyl (C=O) groups is 1. The summed E-state index contributed by atoms with van der Waals surface area (Å²) >= 11 is 13.5. The Bertz CT molecular complexity index is 1010. The fraction of sp³-hybridized carbons (Fsp3) is 0.464. The number of amides is 1. The summed E-state index contributed by atoms with van der Waals surface area (Å²) in [5.41, 5.74) is 13.0. The molecule has 4 N–H and O–H groups in total. The molecule has 1 saturated heterocycles. The van der Waals surface area contributed by atoms with Gasteiger partial charge in [0.25, 0.3) is 5.91 Å². The van der Waals surface area contributed by atoms with E-state index >= 15 is 0 Å². The van der Waals surface area contributed by atoms with Crippen LogP contribution in [0.15, 0.2) is 66.5 Å². The van der Waals surface area contributed by atoms with E-state index < -0.39 is 6.10 Å². The monoisotopic (exact) mass is 549 g/mol. The number of morpholine rings is 1. The second-order valence-electron chi connectivity index (χ2n) is 10.2. The zero-order chi connectivity index (χ0) is 26.3. The Hall–Kier alpha value is -1.86. The second-order valence-corrected chi connectivity index (χ2v) is 12.9. The van der Waals surface area contributed by atoms with E-state index in [0.29, 0.717) is 29.7 Å². The third-order valence-corrected chi connectivity index (χ3v) is 8.03. The van der Waals surface area contributed by atoms with Crippen LogP contribution in [0.3, 0.4) is 0 Å². The molecule has 36 heavy (non-hydrogen) atoms. The molecule has 0 spiro atoms. The van der Waals surface area contributed by atoms with Gasteiger partial charge in [0.15, 0.2) is 0 Å². The predicted molar refractivity (Wildman–Crippen MR) is 152 cm³/mol. The number of halogens is 2. The topological polar surface area (TPSA) is 81.6 Å². The summed E-state index contributed by atoms with van der Waals surface area (Å²) in [6.45, 7) is 7.10. The van der Waals surface area contributed by atoms with Crippen molar-refractivity contribution in [2.24, 2.45) is 17.4 Å². The van der Waals surface area contributed by atoms with Crippen molar-refractivity contribution >= 4 is 40.9 Å². The zero-order valence-electron chi connectivity index (χ0n) is 21.2. The van der Waals surface area contributed by atoms with Crippen LogP contribution in [-0.4, -0.2) is 40.1 Å². The number of thioether (sulfide) groups is 1. The lowest BCUT2D eigenvalue weighted by atomic mass is 9.98. The number of nitrogens with two attached hydrogens (primary N) is 2. The number of ether oxygens (including phenoxy) is 1. The van der Waals surface area contributed by atoms with Gasteiger partial charge in [0, 0.05) is 44.9 Å². The molecule has 0 aromatic heterocycles. The highest BCUT2D eigenvalue weighted by Gasteiger charge is 2.46. The van der Waals surface area contributed by atoms with E-state index in [-0.39, 0.29) is 22.7 Å². The van der Waals surface area contributed by atoms with E-state index in [2.05, 4.69) is 25.7 Å². The van der Waals surface area contributed by atoms with Crippen LogP contribution < -0.4 is 11.5 Å². The van der Waals surface area contributed by atoms with E-state index in [1.165, 1.54) is 19.0 Å². The van der Waals surface area contributed by atoms with Crippen LogP contribution in [0.25, 0.3) is 0 Å². The van der Waals surface area contributed by atoms with Crippen molar-refractivity contribution in [1.82, 2.24) is 4.90 Å². The smallest absolute Gasteiger partial charge is 0.252 e. The van der Waals surface area contributed by atoms with E-state index in [0.717, 1.165) is 16.3 Å². The van der Waals surface area contributed by atoms with Crippen molar-refractivity contribution in [3.05, 3.63) is 82.1 Å². The molecule has 5 nitrogen and oxygen atoms in total. The van der Waals surface area contributed by atoms with Crippen molar-refractivity contribution < 1.29 is 9.53 Å². The summed E-state index contributed by atoms with van der Waals surface area (Å²) < 4.78 is 6.12. The Balaban J connectivity index is 0.000000444. The Kier molecular flexibility index (Phi) is 10.4. The standard InChI is InChI=1S/C22H32ClN3O2S.C6H5Cl/c1-22(2,3)29-13-19(15-4-5-15)26-18(14-6-8-16(23)9-7-14)12-28-20(21(26)27)10-17(25)11-24;7-6-4-2-1-3-5-6/h6-9,11,15,18-20H,4-5,10,12-13,24-25H2,1-3H3;1-5H/b17-11-;. The largest absolute Gasteiger partial charge is 0.403 e. The van der Waals surface area contributed by atoms with Crippen LogP contribution in [-0.2, 0) is 9.53 Å². The van der Waals surface area contributed by atoms with Crippen LogP contribution in [0.1, 0.15) is 51.6 Å². The first-order valence-electron chi connectivity index (χ1n) is 12.3. The first-order valence-corrected chi connectivity index (χ1v) is 14.0. The quantitative estimate of drug-likeness (QED) is 0.417. The van der Waals surface area contributed by atoms with Crippen LogP contribution in [0.2, 0.25) is 10.0 Å². The van der Waals surface area contributed by atoms with Gasteiger partial charge in [-0.2, -0.15) is 11.8 Å². The molecule has 2 aromatic carbocycles. The molecule has 2 aliphatic rings. The van der Waals surface area contributed by atoms with Gasteiger partial charge < -0.3 is 21.1 Å². The normalized spacial score (nSPS) is 21.5. The molecule has 8 heteroatoms. The molecule has 2 fully saturated rings. The van der Waals surface area contributed by atoms with Crippen LogP contribution in [0.4, 0.5) is 0 Å².